The molecule has 0 saturated heterocycles. The molecule has 1 unspecified atom stereocenters. The molecule has 1 atom stereocenters. The third kappa shape index (κ3) is 2.96. The van der Waals surface area contributed by atoms with Gasteiger partial charge < -0.3 is 14.8 Å². The molecule has 1 N–H and O–H groups in total. The van der Waals surface area contributed by atoms with Crippen molar-refractivity contribution in [2.75, 3.05) is 23.9 Å². The van der Waals surface area contributed by atoms with Gasteiger partial charge in [0.1, 0.15) is 0 Å². The van der Waals surface area contributed by atoms with Crippen LogP contribution in [-0.4, -0.2) is 33.9 Å². The number of rotatable bonds is 3. The number of benzene rings is 2. The van der Waals surface area contributed by atoms with Crippen LogP contribution in [0.2, 0.25) is 0 Å². The molecule has 2 aromatic rings. The molecule has 0 saturated carbocycles. The fraction of sp³-hybridized carbons (Fsp3) is 0.278. The summed E-state index contributed by atoms with van der Waals surface area (Å²) in [5.41, 5.74) is 1.87. The van der Waals surface area contributed by atoms with Crippen molar-refractivity contribution in [1.82, 2.24) is 5.32 Å². The van der Waals surface area contributed by atoms with Crippen LogP contribution in [0, 0.1) is 0 Å². The number of hydrogen-bond acceptors (Lipinski definition) is 5. The van der Waals surface area contributed by atoms with Gasteiger partial charge in [0.2, 0.25) is 16.8 Å². The highest BCUT2D eigenvalue weighted by Crippen LogP contribution is 2.36. The number of amides is 1. The molecule has 2 heterocycles. The second kappa shape index (κ2) is 6.21. The number of anilines is 1. The smallest absolute Gasteiger partial charge is 0.251 e. The molecular formula is C18H18N2O5S. The Bertz CT molecular complexity index is 973. The van der Waals surface area contributed by atoms with Crippen molar-refractivity contribution in [3.63, 3.8) is 0 Å². The van der Waals surface area contributed by atoms with Crippen LogP contribution in [0.25, 0.3) is 0 Å². The highest BCUT2D eigenvalue weighted by atomic mass is 32.2. The van der Waals surface area contributed by atoms with E-state index in [-0.39, 0.29) is 18.7 Å². The van der Waals surface area contributed by atoms with Gasteiger partial charge in [-0.15, -0.1) is 0 Å². The Hall–Kier alpha value is -2.74. The summed E-state index contributed by atoms with van der Waals surface area (Å²) < 4.78 is 36.0. The summed E-state index contributed by atoms with van der Waals surface area (Å²) >= 11 is 0. The Morgan fingerprint density at radius 2 is 1.92 bits per heavy atom. The summed E-state index contributed by atoms with van der Waals surface area (Å²) in [6.45, 7) is 0.472. The SMILES string of the molecule is CS(=O)(=O)N1CCC(NC(=O)c2ccc3c(c2)OCO3)c2ccccc21. The Balaban J connectivity index is 1.59. The predicted octanol–water partition coefficient (Wildman–Crippen LogP) is 2.06. The minimum atomic E-state index is -3.36. The lowest BCUT2D eigenvalue weighted by Gasteiger charge is -2.34. The third-order valence-electron chi connectivity index (χ3n) is 4.54. The van der Waals surface area contributed by atoms with Gasteiger partial charge in [0, 0.05) is 12.1 Å². The van der Waals surface area contributed by atoms with Gasteiger partial charge in [0.15, 0.2) is 11.5 Å². The van der Waals surface area contributed by atoms with Crippen molar-refractivity contribution in [2.45, 2.75) is 12.5 Å². The summed E-state index contributed by atoms with van der Waals surface area (Å²) in [5.74, 6) is 0.925. The number of ether oxygens (including phenoxy) is 2. The van der Waals surface area contributed by atoms with E-state index < -0.39 is 10.0 Å². The minimum Gasteiger partial charge on any atom is -0.454 e. The quantitative estimate of drug-likeness (QED) is 0.889. The minimum absolute atomic E-state index is 0.151. The first-order valence-corrected chi connectivity index (χ1v) is 10.1. The van der Waals surface area contributed by atoms with Gasteiger partial charge in [-0.05, 0) is 36.2 Å². The van der Waals surface area contributed by atoms with Gasteiger partial charge in [0.25, 0.3) is 5.91 Å². The first kappa shape index (κ1) is 16.7. The number of para-hydroxylation sites is 1. The van der Waals surface area contributed by atoms with Gasteiger partial charge in [-0.2, -0.15) is 0 Å². The topological polar surface area (TPSA) is 84.9 Å². The van der Waals surface area contributed by atoms with Crippen LogP contribution in [0.15, 0.2) is 42.5 Å². The van der Waals surface area contributed by atoms with Crippen molar-refractivity contribution in [1.29, 1.82) is 0 Å². The summed E-state index contributed by atoms with van der Waals surface area (Å²) in [4.78, 5) is 12.7. The monoisotopic (exact) mass is 374 g/mol. The van der Waals surface area contributed by atoms with Gasteiger partial charge in [0.05, 0.1) is 18.0 Å². The zero-order valence-corrected chi connectivity index (χ0v) is 15.0. The van der Waals surface area contributed by atoms with Crippen LogP contribution >= 0.6 is 0 Å². The maximum Gasteiger partial charge on any atom is 0.251 e. The first-order valence-electron chi connectivity index (χ1n) is 8.20. The number of carbonyl (C=O) groups excluding carboxylic acids is 1. The number of hydrogen-bond donors (Lipinski definition) is 1. The van der Waals surface area contributed by atoms with E-state index in [1.54, 1.807) is 30.3 Å². The Morgan fingerprint density at radius 3 is 2.73 bits per heavy atom. The fourth-order valence-corrected chi connectivity index (χ4v) is 4.27. The van der Waals surface area contributed by atoms with Crippen LogP contribution in [0.4, 0.5) is 5.69 Å². The lowest BCUT2D eigenvalue weighted by molar-refractivity contribution is 0.0934. The summed E-state index contributed by atoms with van der Waals surface area (Å²) in [5, 5.41) is 3.00. The summed E-state index contributed by atoms with van der Waals surface area (Å²) in [6, 6.07) is 12.0. The van der Waals surface area contributed by atoms with E-state index in [0.29, 0.717) is 35.7 Å². The number of nitrogens with one attached hydrogen (secondary N) is 1. The average molecular weight is 374 g/mol. The third-order valence-corrected chi connectivity index (χ3v) is 5.72. The Kier molecular flexibility index (Phi) is 3.99. The maximum atomic E-state index is 12.7. The molecule has 4 rings (SSSR count). The summed E-state index contributed by atoms with van der Waals surface area (Å²) in [6.07, 6.45) is 1.69. The molecule has 0 bridgehead atoms. The van der Waals surface area contributed by atoms with Gasteiger partial charge in [-0.25, -0.2) is 8.42 Å². The van der Waals surface area contributed by atoms with Crippen LogP contribution in [0.5, 0.6) is 11.5 Å². The van der Waals surface area contributed by atoms with Crippen molar-refractivity contribution >= 4 is 21.6 Å². The van der Waals surface area contributed by atoms with Gasteiger partial charge in [-0.1, -0.05) is 18.2 Å². The van der Waals surface area contributed by atoms with E-state index in [2.05, 4.69) is 5.32 Å². The largest absolute Gasteiger partial charge is 0.454 e. The standard InChI is InChI=1S/C18H18N2O5S/c1-26(22,23)20-9-8-14(13-4-2-3-5-15(13)20)19-18(21)12-6-7-16-17(10-12)25-11-24-16/h2-7,10,14H,8-9,11H2,1H3,(H,19,21). The second-order valence-electron chi connectivity index (χ2n) is 6.28. The predicted molar refractivity (Wildman–Crippen MR) is 96.0 cm³/mol. The molecular weight excluding hydrogens is 356 g/mol. The maximum absolute atomic E-state index is 12.7. The van der Waals surface area contributed by atoms with Crippen molar-refractivity contribution in [3.05, 3.63) is 53.6 Å². The van der Waals surface area contributed by atoms with E-state index in [1.807, 2.05) is 12.1 Å². The van der Waals surface area contributed by atoms with Crippen LogP contribution in [0.3, 0.4) is 0 Å². The molecule has 0 aromatic heterocycles. The molecule has 0 radical (unpaired) electrons. The van der Waals surface area contributed by atoms with E-state index in [9.17, 15) is 13.2 Å². The average Bonchev–Trinajstić information content (AvgIpc) is 3.08. The van der Waals surface area contributed by atoms with Crippen LogP contribution in [0.1, 0.15) is 28.4 Å². The van der Waals surface area contributed by atoms with Gasteiger partial charge >= 0.3 is 0 Å². The number of carbonyl (C=O) groups is 1. The lowest BCUT2D eigenvalue weighted by atomic mass is 9.97. The number of sulfonamides is 1. The molecule has 2 aliphatic heterocycles. The van der Waals surface area contributed by atoms with E-state index in [1.165, 1.54) is 10.6 Å². The molecule has 26 heavy (non-hydrogen) atoms. The highest BCUT2D eigenvalue weighted by molar-refractivity contribution is 7.92. The molecule has 0 aliphatic carbocycles. The molecule has 8 heteroatoms. The number of fused-ring (bicyclic) bond motifs is 2. The van der Waals surface area contributed by atoms with Crippen molar-refractivity contribution in [3.8, 4) is 11.5 Å². The first-order chi connectivity index (χ1) is 12.4. The normalized spacial score (nSPS) is 18.3. The van der Waals surface area contributed by atoms with E-state index in [4.69, 9.17) is 9.47 Å². The highest BCUT2D eigenvalue weighted by Gasteiger charge is 2.30. The molecule has 0 fully saturated rings. The van der Waals surface area contributed by atoms with E-state index in [0.717, 1.165) is 5.56 Å². The molecule has 136 valence electrons. The molecule has 7 nitrogen and oxygen atoms in total. The molecule has 2 aliphatic rings. The fourth-order valence-electron chi connectivity index (χ4n) is 3.31. The van der Waals surface area contributed by atoms with E-state index >= 15 is 0 Å². The lowest BCUT2D eigenvalue weighted by Crippen LogP contribution is -2.40. The Labute approximate surface area is 151 Å². The van der Waals surface area contributed by atoms with Crippen molar-refractivity contribution < 1.29 is 22.7 Å². The van der Waals surface area contributed by atoms with Gasteiger partial charge in [-0.3, -0.25) is 9.10 Å². The second-order valence-corrected chi connectivity index (χ2v) is 8.18. The van der Waals surface area contributed by atoms with Crippen LogP contribution < -0.4 is 19.1 Å². The molecule has 1 amide bonds. The number of nitrogens with zero attached hydrogens (tertiary/aromatic N) is 1. The zero-order chi connectivity index (χ0) is 18.3. The zero-order valence-electron chi connectivity index (χ0n) is 14.1. The van der Waals surface area contributed by atoms with Crippen molar-refractivity contribution in [2.24, 2.45) is 0 Å². The molecule has 0 spiro atoms. The Morgan fingerprint density at radius 1 is 1.15 bits per heavy atom. The summed E-state index contributed by atoms with van der Waals surface area (Å²) in [7, 11) is -3.36. The molecule has 2 aromatic carbocycles. The van der Waals surface area contributed by atoms with Crippen LogP contribution in [-0.2, 0) is 10.0 Å².